The normalized spacial score (nSPS) is 11.2. The van der Waals surface area contributed by atoms with Crippen molar-refractivity contribution >= 4 is 17.2 Å². The fourth-order valence-corrected chi connectivity index (χ4v) is 2.08. The van der Waals surface area contributed by atoms with E-state index in [2.05, 4.69) is 38.9 Å². The van der Waals surface area contributed by atoms with Gasteiger partial charge in [0.2, 0.25) is 0 Å². The Balaban J connectivity index is 2.32. The summed E-state index contributed by atoms with van der Waals surface area (Å²) in [5.74, 6) is -0.363. The molecule has 114 valence electrons. The van der Waals surface area contributed by atoms with E-state index in [-0.39, 0.29) is 5.97 Å². The molecule has 0 atom stereocenters. The summed E-state index contributed by atoms with van der Waals surface area (Å²) in [6, 6.07) is 10.3. The van der Waals surface area contributed by atoms with Gasteiger partial charge in [0.1, 0.15) is 0 Å². The number of hydrogen-bond donors (Lipinski definition) is 0. The highest BCUT2D eigenvalue weighted by Gasteiger charge is 2.04. The average Bonchev–Trinajstić information content (AvgIpc) is 2.54. The summed E-state index contributed by atoms with van der Waals surface area (Å²) in [4.78, 5) is 17.7. The van der Waals surface area contributed by atoms with Crippen LogP contribution in [0, 0.1) is 0 Å². The van der Waals surface area contributed by atoms with Crippen LogP contribution >= 0.6 is 0 Å². The number of aromatic nitrogens is 1. The number of allylic oxidation sites excluding steroid dienone is 1. The second kappa shape index (κ2) is 6.89. The van der Waals surface area contributed by atoms with Gasteiger partial charge in [-0.3, -0.25) is 4.98 Å². The molecule has 0 spiro atoms. The molecule has 0 unspecified atom stereocenters. The molecule has 0 bridgehead atoms. The number of carbonyl (C=O) groups is 1. The summed E-state index contributed by atoms with van der Waals surface area (Å²) >= 11 is 0. The van der Waals surface area contributed by atoms with Crippen molar-refractivity contribution in [1.82, 2.24) is 4.98 Å². The maximum Gasteiger partial charge on any atom is 0.330 e. The van der Waals surface area contributed by atoms with E-state index in [9.17, 15) is 4.79 Å². The van der Waals surface area contributed by atoms with E-state index >= 15 is 0 Å². The Hall–Kier alpha value is -2.62. The van der Waals surface area contributed by atoms with Crippen LogP contribution in [0.25, 0.3) is 16.7 Å². The number of anilines is 1. The first-order valence-electron chi connectivity index (χ1n) is 7.00. The molecule has 0 aliphatic rings. The van der Waals surface area contributed by atoms with Gasteiger partial charge >= 0.3 is 5.97 Å². The summed E-state index contributed by atoms with van der Waals surface area (Å²) in [6.07, 6.45) is 5.03. The van der Waals surface area contributed by atoms with E-state index in [1.807, 2.05) is 33.3 Å². The van der Waals surface area contributed by atoms with Crippen molar-refractivity contribution in [2.24, 2.45) is 0 Å². The zero-order chi connectivity index (χ0) is 16.1. The number of benzene rings is 1. The Bertz CT molecular complexity index is 688. The van der Waals surface area contributed by atoms with Crippen molar-refractivity contribution in [3.63, 3.8) is 0 Å². The molecular weight excluding hydrogens is 276 g/mol. The van der Waals surface area contributed by atoms with Crippen LogP contribution in [0.4, 0.5) is 5.69 Å². The van der Waals surface area contributed by atoms with Crippen LogP contribution < -0.4 is 4.90 Å². The maximum atomic E-state index is 11.3. The van der Waals surface area contributed by atoms with E-state index in [4.69, 9.17) is 0 Å². The van der Waals surface area contributed by atoms with Gasteiger partial charge in [-0.25, -0.2) is 4.79 Å². The molecule has 0 saturated carbocycles. The van der Waals surface area contributed by atoms with Gasteiger partial charge in [-0.2, -0.15) is 0 Å². The maximum absolute atomic E-state index is 11.3. The van der Waals surface area contributed by atoms with Crippen LogP contribution in [-0.4, -0.2) is 32.2 Å². The summed E-state index contributed by atoms with van der Waals surface area (Å²) in [5.41, 5.74) is 4.98. The molecule has 2 aromatic rings. The second-order valence-electron chi connectivity index (χ2n) is 5.25. The molecule has 1 heterocycles. The summed E-state index contributed by atoms with van der Waals surface area (Å²) in [5, 5.41) is 0. The molecule has 0 fully saturated rings. The number of ether oxygens (including phenoxy) is 1. The smallest absolute Gasteiger partial charge is 0.330 e. The zero-order valence-electron chi connectivity index (χ0n) is 13.3. The Morgan fingerprint density at radius 3 is 2.41 bits per heavy atom. The zero-order valence-corrected chi connectivity index (χ0v) is 13.3. The molecular formula is C18H20N2O2. The topological polar surface area (TPSA) is 42.4 Å². The predicted octanol–water partition coefficient (Wildman–Crippen LogP) is 3.39. The van der Waals surface area contributed by atoms with Crippen LogP contribution in [0.15, 0.2) is 48.8 Å². The number of methoxy groups -OCH3 is 1. The van der Waals surface area contributed by atoms with Gasteiger partial charge in [0.05, 0.1) is 7.11 Å². The van der Waals surface area contributed by atoms with E-state index in [1.165, 1.54) is 13.2 Å². The summed E-state index contributed by atoms with van der Waals surface area (Å²) < 4.78 is 4.65. The third kappa shape index (κ3) is 3.73. The lowest BCUT2D eigenvalue weighted by Gasteiger charge is -2.13. The molecule has 0 aliphatic heterocycles. The van der Waals surface area contributed by atoms with Gasteiger partial charge < -0.3 is 9.64 Å². The Morgan fingerprint density at radius 2 is 1.82 bits per heavy atom. The quantitative estimate of drug-likeness (QED) is 0.640. The molecule has 0 amide bonds. The van der Waals surface area contributed by atoms with Gasteiger partial charge in [-0.05, 0) is 41.8 Å². The first kappa shape index (κ1) is 15.8. The van der Waals surface area contributed by atoms with Crippen molar-refractivity contribution in [2.75, 3.05) is 26.1 Å². The minimum atomic E-state index is -0.363. The highest BCUT2D eigenvalue weighted by atomic mass is 16.5. The number of carbonyl (C=O) groups excluding carboxylic acids is 1. The molecule has 0 radical (unpaired) electrons. The molecule has 1 aromatic heterocycles. The summed E-state index contributed by atoms with van der Waals surface area (Å²) in [6.45, 7) is 1.87. The minimum absolute atomic E-state index is 0.363. The van der Waals surface area contributed by atoms with Crippen LogP contribution in [0.3, 0.4) is 0 Å². The first-order valence-corrected chi connectivity index (χ1v) is 7.00. The monoisotopic (exact) mass is 296 g/mol. The number of pyridine rings is 1. The molecule has 4 nitrogen and oxygen atoms in total. The lowest BCUT2D eigenvalue weighted by atomic mass is 10.0. The van der Waals surface area contributed by atoms with Crippen molar-refractivity contribution in [3.8, 4) is 11.1 Å². The fourth-order valence-electron chi connectivity index (χ4n) is 2.08. The number of rotatable bonds is 4. The molecule has 1 aromatic carbocycles. The second-order valence-corrected chi connectivity index (χ2v) is 5.25. The third-order valence-corrected chi connectivity index (χ3v) is 3.45. The standard InChI is InChI=1S/C18H20N2O2/c1-13(9-18(21)22-4)15-10-16(12-19-11-15)14-5-7-17(8-6-14)20(2)3/h5-12H,1-4H3/b13-9+. The third-order valence-electron chi connectivity index (χ3n) is 3.45. The minimum Gasteiger partial charge on any atom is -0.466 e. The molecule has 2 rings (SSSR count). The molecule has 0 saturated heterocycles. The number of hydrogen-bond acceptors (Lipinski definition) is 4. The van der Waals surface area contributed by atoms with Crippen molar-refractivity contribution in [2.45, 2.75) is 6.92 Å². The molecule has 0 aliphatic carbocycles. The lowest BCUT2D eigenvalue weighted by Crippen LogP contribution is -2.07. The highest BCUT2D eigenvalue weighted by Crippen LogP contribution is 2.24. The number of esters is 1. The van der Waals surface area contributed by atoms with Gasteiger partial charge in [0.25, 0.3) is 0 Å². The SMILES string of the molecule is COC(=O)/C=C(\C)c1cncc(-c2ccc(N(C)C)cc2)c1. The van der Waals surface area contributed by atoms with E-state index in [0.717, 1.165) is 28.0 Å². The largest absolute Gasteiger partial charge is 0.466 e. The van der Waals surface area contributed by atoms with Crippen LogP contribution in [0.2, 0.25) is 0 Å². The van der Waals surface area contributed by atoms with Crippen LogP contribution in [0.5, 0.6) is 0 Å². The molecule has 22 heavy (non-hydrogen) atoms. The van der Waals surface area contributed by atoms with Gasteiger partial charge in [0, 0.05) is 43.8 Å². The van der Waals surface area contributed by atoms with Crippen molar-refractivity contribution in [3.05, 3.63) is 54.4 Å². The van der Waals surface area contributed by atoms with Crippen molar-refractivity contribution in [1.29, 1.82) is 0 Å². The Labute approximate surface area is 131 Å². The first-order chi connectivity index (χ1) is 10.5. The van der Waals surface area contributed by atoms with Crippen molar-refractivity contribution < 1.29 is 9.53 Å². The van der Waals surface area contributed by atoms with Gasteiger partial charge in [-0.15, -0.1) is 0 Å². The average molecular weight is 296 g/mol. The highest BCUT2D eigenvalue weighted by molar-refractivity contribution is 5.91. The van der Waals surface area contributed by atoms with E-state index in [1.54, 1.807) is 6.20 Å². The Morgan fingerprint density at radius 1 is 1.14 bits per heavy atom. The van der Waals surface area contributed by atoms with E-state index < -0.39 is 0 Å². The lowest BCUT2D eigenvalue weighted by molar-refractivity contribution is -0.134. The molecule has 4 heteroatoms. The summed E-state index contributed by atoms with van der Waals surface area (Å²) in [7, 11) is 5.39. The van der Waals surface area contributed by atoms with Gasteiger partial charge in [-0.1, -0.05) is 12.1 Å². The number of nitrogens with zero attached hydrogens (tertiary/aromatic N) is 2. The Kier molecular flexibility index (Phi) is 4.94. The predicted molar refractivity (Wildman–Crippen MR) is 89.7 cm³/mol. The molecule has 0 N–H and O–H groups in total. The van der Waals surface area contributed by atoms with E-state index in [0.29, 0.717) is 0 Å². The van der Waals surface area contributed by atoms with Gasteiger partial charge in [0.15, 0.2) is 0 Å². The van der Waals surface area contributed by atoms with Crippen LogP contribution in [0.1, 0.15) is 12.5 Å². The van der Waals surface area contributed by atoms with Crippen LogP contribution in [-0.2, 0) is 9.53 Å². The fraction of sp³-hybridized carbons (Fsp3) is 0.222.